The molecule has 0 radical (unpaired) electrons. The van der Waals surface area contributed by atoms with Crippen molar-refractivity contribution in [2.45, 2.75) is 13.3 Å². The van der Waals surface area contributed by atoms with E-state index in [4.69, 9.17) is 11.6 Å². The van der Waals surface area contributed by atoms with Gasteiger partial charge in [-0.05, 0) is 18.6 Å². The van der Waals surface area contributed by atoms with Crippen molar-refractivity contribution in [3.8, 4) is 0 Å². The second-order valence-electron chi connectivity index (χ2n) is 5.07. The monoisotopic (exact) mass is 360 g/mol. The third-order valence-electron chi connectivity index (χ3n) is 3.19. The summed E-state index contributed by atoms with van der Waals surface area (Å²) in [6.45, 7) is 1.61. The molecule has 3 aromatic rings. The molecule has 2 heterocycles. The van der Waals surface area contributed by atoms with Crippen molar-refractivity contribution in [1.82, 2.24) is 15.0 Å². The van der Waals surface area contributed by atoms with Gasteiger partial charge in [-0.15, -0.1) is 11.3 Å². The number of aromatic amines is 1. The Balaban J connectivity index is 1.73. The average molecular weight is 361 g/mol. The van der Waals surface area contributed by atoms with Crippen molar-refractivity contribution in [1.29, 1.82) is 0 Å². The molecule has 0 aliphatic heterocycles. The summed E-state index contributed by atoms with van der Waals surface area (Å²) in [6.07, 6.45) is 2.33. The zero-order chi connectivity index (χ0) is 17.1. The van der Waals surface area contributed by atoms with Gasteiger partial charge in [0.25, 0.3) is 11.5 Å². The first-order valence-electron chi connectivity index (χ1n) is 7.08. The number of H-pyrrole nitrogens is 1. The van der Waals surface area contributed by atoms with Crippen LogP contribution in [-0.2, 0) is 6.42 Å². The van der Waals surface area contributed by atoms with Gasteiger partial charge in [0.1, 0.15) is 11.5 Å². The van der Waals surface area contributed by atoms with E-state index in [-0.39, 0.29) is 11.3 Å². The predicted molar refractivity (Wildman–Crippen MR) is 93.9 cm³/mol. The number of hydrogen-bond donors (Lipinski definition) is 2. The second-order valence-corrected chi connectivity index (χ2v) is 6.59. The molecule has 1 aromatic carbocycles. The number of aryl methyl sites for hydroxylation is 1. The molecule has 1 amide bonds. The number of amides is 1. The summed E-state index contributed by atoms with van der Waals surface area (Å²) in [5.74, 6) is -0.0889. The highest BCUT2D eigenvalue weighted by atomic mass is 35.5. The van der Waals surface area contributed by atoms with Crippen LogP contribution in [0.5, 0.6) is 0 Å². The number of rotatable bonds is 4. The number of carbonyl (C=O) groups excluding carboxylic acids is 1. The molecule has 2 N–H and O–H groups in total. The van der Waals surface area contributed by atoms with Crippen molar-refractivity contribution in [2.75, 3.05) is 5.32 Å². The lowest BCUT2D eigenvalue weighted by atomic mass is 10.1. The number of halogens is 1. The van der Waals surface area contributed by atoms with Gasteiger partial charge in [0.2, 0.25) is 0 Å². The Kier molecular flexibility index (Phi) is 4.73. The number of nitrogens with one attached hydrogen (secondary N) is 2. The van der Waals surface area contributed by atoms with Crippen molar-refractivity contribution < 1.29 is 4.79 Å². The SMILES string of the molecule is Cc1nc(C(=O)Nc2ncc(Cc3ccccc3Cl)s2)cc(=O)[nH]1. The van der Waals surface area contributed by atoms with Crippen LogP contribution in [0.3, 0.4) is 0 Å². The lowest BCUT2D eigenvalue weighted by molar-refractivity contribution is 0.102. The van der Waals surface area contributed by atoms with Crippen LogP contribution >= 0.6 is 22.9 Å². The minimum absolute atomic E-state index is 0.0547. The van der Waals surface area contributed by atoms with Gasteiger partial charge in [-0.25, -0.2) is 9.97 Å². The molecular weight excluding hydrogens is 348 g/mol. The number of anilines is 1. The summed E-state index contributed by atoms with van der Waals surface area (Å²) in [5, 5.41) is 3.79. The Morgan fingerprint density at radius 2 is 2.17 bits per heavy atom. The number of thiazole rings is 1. The quantitative estimate of drug-likeness (QED) is 0.748. The highest BCUT2D eigenvalue weighted by Crippen LogP contribution is 2.24. The van der Waals surface area contributed by atoms with Gasteiger partial charge in [0.05, 0.1) is 0 Å². The van der Waals surface area contributed by atoms with E-state index in [2.05, 4.69) is 20.3 Å². The van der Waals surface area contributed by atoms with Crippen LogP contribution in [0.1, 0.15) is 26.8 Å². The van der Waals surface area contributed by atoms with Crippen molar-refractivity contribution >= 4 is 34.0 Å². The highest BCUT2D eigenvalue weighted by Gasteiger charge is 2.12. The minimum Gasteiger partial charge on any atom is -0.311 e. The molecule has 24 heavy (non-hydrogen) atoms. The third-order valence-corrected chi connectivity index (χ3v) is 4.47. The second kappa shape index (κ2) is 6.94. The van der Waals surface area contributed by atoms with Crippen LogP contribution < -0.4 is 10.9 Å². The molecule has 0 unspecified atom stereocenters. The van der Waals surface area contributed by atoms with E-state index in [1.165, 1.54) is 11.3 Å². The summed E-state index contributed by atoms with van der Waals surface area (Å²) in [7, 11) is 0. The normalized spacial score (nSPS) is 10.6. The van der Waals surface area contributed by atoms with Crippen molar-refractivity contribution in [2.24, 2.45) is 0 Å². The van der Waals surface area contributed by atoms with Crippen LogP contribution in [-0.4, -0.2) is 20.9 Å². The summed E-state index contributed by atoms with van der Waals surface area (Å²) < 4.78 is 0. The van der Waals surface area contributed by atoms with E-state index >= 15 is 0 Å². The van der Waals surface area contributed by atoms with Crippen LogP contribution in [0.15, 0.2) is 41.3 Å². The molecule has 0 aliphatic carbocycles. The molecule has 0 fully saturated rings. The van der Waals surface area contributed by atoms with Crippen LogP contribution in [0.4, 0.5) is 5.13 Å². The number of hydrogen-bond acceptors (Lipinski definition) is 5. The maximum absolute atomic E-state index is 12.2. The van der Waals surface area contributed by atoms with Crippen molar-refractivity contribution in [3.05, 3.63) is 73.9 Å². The summed E-state index contributed by atoms with van der Waals surface area (Å²) in [6, 6.07) is 8.73. The Bertz CT molecular complexity index is 951. The topological polar surface area (TPSA) is 87.7 Å². The average Bonchev–Trinajstić information content (AvgIpc) is 2.96. The largest absolute Gasteiger partial charge is 0.311 e. The molecule has 0 spiro atoms. The zero-order valence-electron chi connectivity index (χ0n) is 12.7. The maximum atomic E-state index is 12.2. The molecule has 0 atom stereocenters. The van der Waals surface area contributed by atoms with Crippen LogP contribution in [0.2, 0.25) is 5.02 Å². The minimum atomic E-state index is -0.470. The summed E-state index contributed by atoms with van der Waals surface area (Å²) in [4.78, 5) is 35.2. The van der Waals surface area contributed by atoms with E-state index in [1.54, 1.807) is 13.1 Å². The van der Waals surface area contributed by atoms with Crippen molar-refractivity contribution in [3.63, 3.8) is 0 Å². The number of benzene rings is 1. The zero-order valence-corrected chi connectivity index (χ0v) is 14.2. The number of carbonyl (C=O) groups is 1. The summed E-state index contributed by atoms with van der Waals surface area (Å²) in [5.41, 5.74) is 0.679. The van der Waals surface area contributed by atoms with Gasteiger partial charge < -0.3 is 4.98 Å². The standard InChI is InChI=1S/C16H13ClN4O2S/c1-9-19-13(7-14(22)20-9)15(23)21-16-18-8-11(24-16)6-10-4-2-3-5-12(10)17/h2-5,7-8H,6H2,1H3,(H,18,21,23)(H,19,20,22). The van der Waals surface area contributed by atoms with Crippen LogP contribution in [0.25, 0.3) is 0 Å². The third kappa shape index (κ3) is 3.87. The first kappa shape index (κ1) is 16.4. The van der Waals surface area contributed by atoms with Gasteiger partial charge in [0, 0.05) is 28.6 Å². The summed E-state index contributed by atoms with van der Waals surface area (Å²) >= 11 is 7.50. The lowest BCUT2D eigenvalue weighted by Gasteiger charge is -2.02. The van der Waals surface area contributed by atoms with Gasteiger partial charge in [-0.2, -0.15) is 0 Å². The number of aromatic nitrogens is 3. The molecule has 8 heteroatoms. The predicted octanol–water partition coefficient (Wildman–Crippen LogP) is 3.03. The fraction of sp³-hybridized carbons (Fsp3) is 0.125. The fourth-order valence-corrected chi connectivity index (χ4v) is 3.17. The molecule has 0 saturated heterocycles. The first-order chi connectivity index (χ1) is 11.5. The lowest BCUT2D eigenvalue weighted by Crippen LogP contribution is -2.19. The van der Waals surface area contributed by atoms with E-state index < -0.39 is 5.91 Å². The van der Waals surface area contributed by atoms with E-state index in [9.17, 15) is 9.59 Å². The molecule has 122 valence electrons. The molecular formula is C16H13ClN4O2S. The van der Waals surface area contributed by atoms with Gasteiger partial charge >= 0.3 is 0 Å². The smallest absolute Gasteiger partial charge is 0.276 e. The first-order valence-corrected chi connectivity index (χ1v) is 8.28. The Morgan fingerprint density at radius 3 is 2.92 bits per heavy atom. The van der Waals surface area contributed by atoms with E-state index in [1.807, 2.05) is 24.3 Å². The molecule has 0 bridgehead atoms. The number of nitrogens with zero attached hydrogens (tertiary/aromatic N) is 2. The van der Waals surface area contributed by atoms with Gasteiger partial charge in [-0.1, -0.05) is 29.8 Å². The maximum Gasteiger partial charge on any atom is 0.276 e. The Hall–Kier alpha value is -2.51. The Morgan fingerprint density at radius 1 is 1.38 bits per heavy atom. The fourth-order valence-electron chi connectivity index (χ4n) is 2.13. The van der Waals surface area contributed by atoms with E-state index in [0.29, 0.717) is 22.4 Å². The van der Waals surface area contributed by atoms with Gasteiger partial charge in [0.15, 0.2) is 5.13 Å². The highest BCUT2D eigenvalue weighted by molar-refractivity contribution is 7.15. The van der Waals surface area contributed by atoms with Crippen LogP contribution in [0, 0.1) is 6.92 Å². The van der Waals surface area contributed by atoms with Gasteiger partial charge in [-0.3, -0.25) is 14.9 Å². The molecule has 6 nitrogen and oxygen atoms in total. The molecule has 3 rings (SSSR count). The molecule has 2 aromatic heterocycles. The Labute approximate surface area is 146 Å². The molecule has 0 saturated carbocycles. The molecule has 0 aliphatic rings. The van der Waals surface area contributed by atoms with E-state index in [0.717, 1.165) is 16.5 Å².